The van der Waals surface area contributed by atoms with Crippen LogP contribution in [0.15, 0.2) is 22.7 Å². The highest BCUT2D eigenvalue weighted by molar-refractivity contribution is 9.10. The van der Waals surface area contributed by atoms with Crippen LogP contribution in [-0.4, -0.2) is 9.97 Å². The summed E-state index contributed by atoms with van der Waals surface area (Å²) in [5.41, 5.74) is 2.69. The van der Waals surface area contributed by atoms with Gasteiger partial charge in [-0.2, -0.15) is 0 Å². The molecule has 1 aromatic heterocycles. The molecule has 0 bridgehead atoms. The first-order valence-corrected chi connectivity index (χ1v) is 6.50. The van der Waals surface area contributed by atoms with Crippen molar-refractivity contribution in [3.63, 3.8) is 0 Å². The fourth-order valence-corrected chi connectivity index (χ4v) is 1.96. The standard InChI is InChI=1S/C12H9BrCl2N2/c1-6-3-4-8(5-9(6)14)12-16-7(2)10(13)11(15)17-12/h3-5H,1-2H3. The quantitative estimate of drug-likeness (QED) is 0.699. The first-order valence-electron chi connectivity index (χ1n) is 4.95. The molecule has 0 aliphatic carbocycles. The van der Waals surface area contributed by atoms with Gasteiger partial charge in [0.25, 0.3) is 0 Å². The van der Waals surface area contributed by atoms with Crippen LogP contribution in [0.1, 0.15) is 11.3 Å². The number of nitrogens with zero attached hydrogens (tertiary/aromatic N) is 2. The van der Waals surface area contributed by atoms with Gasteiger partial charge in [-0.05, 0) is 41.4 Å². The van der Waals surface area contributed by atoms with Crippen LogP contribution in [0.5, 0.6) is 0 Å². The average Bonchev–Trinajstić information content (AvgIpc) is 2.29. The van der Waals surface area contributed by atoms with Gasteiger partial charge in [-0.1, -0.05) is 35.3 Å². The minimum absolute atomic E-state index is 0.407. The molecule has 0 amide bonds. The number of hydrogen-bond donors (Lipinski definition) is 0. The summed E-state index contributed by atoms with van der Waals surface area (Å²) in [6, 6.07) is 5.71. The van der Waals surface area contributed by atoms with E-state index >= 15 is 0 Å². The largest absolute Gasteiger partial charge is 0.232 e. The Hall–Kier alpha value is -0.640. The Morgan fingerprint density at radius 1 is 1.12 bits per heavy atom. The zero-order chi connectivity index (χ0) is 12.6. The van der Waals surface area contributed by atoms with Crippen molar-refractivity contribution in [2.75, 3.05) is 0 Å². The van der Waals surface area contributed by atoms with Gasteiger partial charge in [0.1, 0.15) is 5.15 Å². The second-order valence-corrected chi connectivity index (χ2v) is 5.26. The van der Waals surface area contributed by atoms with Crippen LogP contribution in [0.2, 0.25) is 10.2 Å². The molecule has 0 aliphatic rings. The van der Waals surface area contributed by atoms with Crippen molar-refractivity contribution in [1.29, 1.82) is 0 Å². The molecule has 0 spiro atoms. The van der Waals surface area contributed by atoms with Crippen molar-refractivity contribution in [3.05, 3.63) is 44.1 Å². The minimum Gasteiger partial charge on any atom is -0.232 e. The molecular weight excluding hydrogens is 323 g/mol. The van der Waals surface area contributed by atoms with Crippen molar-refractivity contribution >= 4 is 39.1 Å². The molecule has 0 aliphatic heterocycles. The van der Waals surface area contributed by atoms with Crippen molar-refractivity contribution in [1.82, 2.24) is 9.97 Å². The number of halogens is 3. The number of aryl methyl sites for hydroxylation is 2. The van der Waals surface area contributed by atoms with Crippen LogP contribution in [0.25, 0.3) is 11.4 Å². The third-order valence-electron chi connectivity index (χ3n) is 2.41. The molecule has 0 atom stereocenters. The molecule has 5 heteroatoms. The lowest BCUT2D eigenvalue weighted by Crippen LogP contribution is -1.94. The van der Waals surface area contributed by atoms with Crippen LogP contribution in [0.3, 0.4) is 0 Å². The summed E-state index contributed by atoms with van der Waals surface area (Å²) in [5.74, 6) is 0.581. The zero-order valence-electron chi connectivity index (χ0n) is 9.26. The highest BCUT2D eigenvalue weighted by Crippen LogP contribution is 2.28. The molecular formula is C12H9BrCl2N2. The van der Waals surface area contributed by atoms with E-state index in [4.69, 9.17) is 23.2 Å². The van der Waals surface area contributed by atoms with E-state index in [1.807, 2.05) is 32.0 Å². The predicted molar refractivity (Wildman–Crippen MR) is 74.7 cm³/mol. The predicted octanol–water partition coefficient (Wildman–Crippen LogP) is 4.83. The van der Waals surface area contributed by atoms with Crippen molar-refractivity contribution in [2.45, 2.75) is 13.8 Å². The van der Waals surface area contributed by atoms with Gasteiger partial charge in [0.15, 0.2) is 5.82 Å². The van der Waals surface area contributed by atoms with Gasteiger partial charge in [-0.15, -0.1) is 0 Å². The van der Waals surface area contributed by atoms with E-state index in [9.17, 15) is 0 Å². The van der Waals surface area contributed by atoms with E-state index in [0.717, 1.165) is 21.3 Å². The molecule has 2 rings (SSSR count). The average molecular weight is 332 g/mol. The first kappa shape index (κ1) is 12.8. The smallest absolute Gasteiger partial charge is 0.161 e. The maximum absolute atomic E-state index is 6.08. The third-order valence-corrected chi connectivity index (χ3v) is 4.26. The zero-order valence-corrected chi connectivity index (χ0v) is 12.4. The Morgan fingerprint density at radius 3 is 2.41 bits per heavy atom. The molecule has 2 nitrogen and oxygen atoms in total. The Labute approximate surface area is 118 Å². The normalized spacial score (nSPS) is 10.6. The van der Waals surface area contributed by atoms with Gasteiger partial charge in [-0.25, -0.2) is 9.97 Å². The summed E-state index contributed by atoms with van der Waals surface area (Å²) in [4.78, 5) is 8.60. The van der Waals surface area contributed by atoms with Crippen LogP contribution in [0.4, 0.5) is 0 Å². The lowest BCUT2D eigenvalue weighted by molar-refractivity contribution is 1.09. The van der Waals surface area contributed by atoms with E-state index in [-0.39, 0.29) is 0 Å². The van der Waals surface area contributed by atoms with Gasteiger partial charge < -0.3 is 0 Å². The third kappa shape index (κ3) is 2.62. The highest BCUT2D eigenvalue weighted by Gasteiger charge is 2.09. The molecule has 2 aromatic rings. The fraction of sp³-hybridized carbons (Fsp3) is 0.167. The SMILES string of the molecule is Cc1ccc(-c2nc(C)c(Br)c(Cl)n2)cc1Cl. The summed E-state index contributed by atoms with van der Waals surface area (Å²) in [5, 5.41) is 1.10. The van der Waals surface area contributed by atoms with Gasteiger partial charge in [0.05, 0.1) is 10.2 Å². The lowest BCUT2D eigenvalue weighted by atomic mass is 10.1. The first-order chi connectivity index (χ1) is 7.99. The Morgan fingerprint density at radius 2 is 1.82 bits per heavy atom. The summed E-state index contributed by atoms with van der Waals surface area (Å²) < 4.78 is 0.723. The van der Waals surface area contributed by atoms with Crippen molar-refractivity contribution in [3.8, 4) is 11.4 Å². The Balaban J connectivity index is 2.57. The second kappa shape index (κ2) is 4.92. The topological polar surface area (TPSA) is 25.8 Å². The summed E-state index contributed by atoms with van der Waals surface area (Å²) in [7, 11) is 0. The van der Waals surface area contributed by atoms with Gasteiger partial charge in [-0.3, -0.25) is 0 Å². The van der Waals surface area contributed by atoms with Crippen molar-refractivity contribution in [2.24, 2.45) is 0 Å². The van der Waals surface area contributed by atoms with Crippen LogP contribution in [-0.2, 0) is 0 Å². The van der Waals surface area contributed by atoms with Gasteiger partial charge >= 0.3 is 0 Å². The molecule has 0 saturated heterocycles. The van der Waals surface area contributed by atoms with E-state index in [0.29, 0.717) is 16.0 Å². The van der Waals surface area contributed by atoms with E-state index in [2.05, 4.69) is 25.9 Å². The maximum Gasteiger partial charge on any atom is 0.161 e. The van der Waals surface area contributed by atoms with E-state index in [1.54, 1.807) is 0 Å². The Bertz CT molecular complexity index is 562. The lowest BCUT2D eigenvalue weighted by Gasteiger charge is -2.06. The Kier molecular flexibility index (Phi) is 3.71. The minimum atomic E-state index is 0.407. The number of benzene rings is 1. The molecule has 0 unspecified atom stereocenters. The number of aromatic nitrogens is 2. The summed E-state index contributed by atoms with van der Waals surface area (Å²) >= 11 is 15.4. The monoisotopic (exact) mass is 330 g/mol. The molecule has 0 N–H and O–H groups in total. The van der Waals surface area contributed by atoms with E-state index < -0.39 is 0 Å². The molecule has 0 fully saturated rings. The molecule has 0 saturated carbocycles. The molecule has 17 heavy (non-hydrogen) atoms. The van der Waals surface area contributed by atoms with Gasteiger partial charge in [0, 0.05) is 10.6 Å². The molecule has 1 aromatic carbocycles. The second-order valence-electron chi connectivity index (χ2n) is 3.70. The molecule has 1 heterocycles. The van der Waals surface area contributed by atoms with E-state index in [1.165, 1.54) is 0 Å². The summed E-state index contributed by atoms with van der Waals surface area (Å²) in [6.45, 7) is 3.82. The van der Waals surface area contributed by atoms with Gasteiger partial charge in [0.2, 0.25) is 0 Å². The molecule has 0 radical (unpaired) electrons. The fourth-order valence-electron chi connectivity index (χ4n) is 1.39. The highest BCUT2D eigenvalue weighted by atomic mass is 79.9. The molecule has 88 valence electrons. The van der Waals surface area contributed by atoms with Crippen LogP contribution >= 0.6 is 39.1 Å². The summed E-state index contributed by atoms with van der Waals surface area (Å²) in [6.07, 6.45) is 0. The van der Waals surface area contributed by atoms with Crippen LogP contribution in [0, 0.1) is 13.8 Å². The van der Waals surface area contributed by atoms with Crippen LogP contribution < -0.4 is 0 Å². The van der Waals surface area contributed by atoms with Crippen molar-refractivity contribution < 1.29 is 0 Å². The number of hydrogen-bond acceptors (Lipinski definition) is 2. The number of rotatable bonds is 1. The maximum atomic E-state index is 6.08.